The van der Waals surface area contributed by atoms with Crippen molar-refractivity contribution >= 4 is 7.82 Å². The zero-order chi connectivity index (χ0) is 7.21. The van der Waals surface area contributed by atoms with E-state index in [0.717, 1.165) is 0 Å². The van der Waals surface area contributed by atoms with E-state index >= 15 is 0 Å². The maximum atomic E-state index is 8.88. The molecule has 0 spiro atoms. The Labute approximate surface area is 71.9 Å². The molecule has 0 fully saturated rings. The molecule has 5 N–H and O–H groups in total. The molecule has 0 aromatic heterocycles. The highest BCUT2D eigenvalue weighted by Gasteiger charge is 2.00. The van der Waals surface area contributed by atoms with Gasteiger partial charge in [-0.05, 0) is 0 Å². The van der Waals surface area contributed by atoms with Gasteiger partial charge in [-0.3, -0.25) is 0 Å². The van der Waals surface area contributed by atoms with E-state index in [0.29, 0.717) is 0 Å². The molecule has 0 amide bonds. The molecule has 0 unspecified atom stereocenters. The lowest BCUT2D eigenvalue weighted by atomic mass is 11.3. The Morgan fingerprint density at radius 2 is 1.10 bits per heavy atom. The highest BCUT2D eigenvalue weighted by atomic mass is 35.5. The average Bonchev–Trinajstić information content (AvgIpc) is 1.27. The van der Waals surface area contributed by atoms with Gasteiger partial charge in [-0.15, -0.1) is 0 Å². The smallest absolute Gasteiger partial charge is 0.466 e. The van der Waals surface area contributed by atoms with Crippen LogP contribution in [-0.4, -0.2) is 28.8 Å². The fraction of sp³-hybridized carbons (Fsp3) is 1.00. The van der Waals surface area contributed by atoms with E-state index in [-0.39, 0.29) is 24.8 Å². The van der Waals surface area contributed by atoms with Crippen LogP contribution in [0.5, 0.6) is 0 Å². The normalized spacial score (nSPS) is 7.70. The molecule has 8 heteroatoms. The van der Waals surface area contributed by atoms with Crippen molar-refractivity contribution in [3.8, 4) is 0 Å². The van der Waals surface area contributed by atoms with Crippen LogP contribution in [0.25, 0.3) is 0 Å². The summed E-state index contributed by atoms with van der Waals surface area (Å²) in [5.74, 6) is 0. The van der Waals surface area contributed by atoms with Crippen LogP contribution in [0.3, 0.4) is 0 Å². The Morgan fingerprint density at radius 1 is 1.10 bits per heavy atom. The minimum atomic E-state index is -4.64. The van der Waals surface area contributed by atoms with Crippen molar-refractivity contribution in [3.63, 3.8) is 0 Å². The van der Waals surface area contributed by atoms with Gasteiger partial charge in [0.25, 0.3) is 0 Å². The predicted molar refractivity (Wildman–Crippen MR) is 28.0 cm³/mol. The van der Waals surface area contributed by atoms with Gasteiger partial charge in [-0.25, -0.2) is 4.57 Å². The molecule has 0 atom stereocenters. The third-order valence-corrected chi connectivity index (χ3v) is 0. The van der Waals surface area contributed by atoms with Crippen molar-refractivity contribution in [2.45, 2.75) is 0 Å². The quantitative estimate of drug-likeness (QED) is 0.302. The van der Waals surface area contributed by atoms with Gasteiger partial charge < -0.3 is 44.8 Å². The average molecular weight is 215 g/mol. The van der Waals surface area contributed by atoms with Gasteiger partial charge in [0.2, 0.25) is 0 Å². The number of hydrogen-bond acceptors (Lipinski definition) is 1. The summed E-state index contributed by atoms with van der Waals surface area (Å²) >= 11 is 0. The molecule has 0 aliphatic carbocycles. The van der Waals surface area contributed by atoms with E-state index in [1.165, 1.54) is 0 Å². The van der Waals surface area contributed by atoms with Gasteiger partial charge >= 0.3 is 7.82 Å². The first-order chi connectivity index (χ1) is 3.41. The molecule has 0 rings (SSSR count). The summed E-state index contributed by atoms with van der Waals surface area (Å²) in [6.45, 7) is 0. The summed E-state index contributed by atoms with van der Waals surface area (Å²) in [6, 6.07) is 0. The summed E-state index contributed by atoms with van der Waals surface area (Å²) in [5.41, 5.74) is 0. The maximum absolute atomic E-state index is 8.88. The Hall–Kier alpha value is 0.650. The Morgan fingerprint density at radius 3 is 1.10 bits per heavy atom. The lowest BCUT2D eigenvalue weighted by Crippen LogP contribution is -3.00. The van der Waals surface area contributed by atoms with Crippen molar-refractivity contribution in [3.05, 3.63) is 0 Å². The summed E-state index contributed by atoms with van der Waals surface area (Å²) in [6.07, 6.45) is 0. The first-order valence-corrected chi connectivity index (χ1v) is 3.50. The molecular weight excluding hydrogens is 204 g/mol. The number of halogens is 2. The minimum absolute atomic E-state index is 0. The van der Waals surface area contributed by atoms with Crippen LogP contribution in [0.1, 0.15) is 0 Å². The van der Waals surface area contributed by atoms with Crippen molar-refractivity contribution < 1.29 is 49.4 Å². The van der Waals surface area contributed by atoms with E-state index in [4.69, 9.17) is 19.2 Å². The van der Waals surface area contributed by atoms with Crippen LogP contribution in [0, 0.1) is 0 Å². The first-order valence-electron chi connectivity index (χ1n) is 1.94. The second-order valence-electron chi connectivity index (χ2n) is 1.09. The van der Waals surface area contributed by atoms with E-state index in [1.54, 1.807) is 0 Å². The van der Waals surface area contributed by atoms with Gasteiger partial charge in [0, 0.05) is 0 Å². The van der Waals surface area contributed by atoms with Gasteiger partial charge in [-0.1, -0.05) is 0 Å². The molecule has 0 saturated heterocycles. The molecule has 0 aromatic carbocycles. The lowest BCUT2D eigenvalue weighted by Gasteiger charge is -1.82. The number of nitrogens with two attached hydrogens (primary N) is 1. The number of hydrogen-bond donors (Lipinski definition) is 4. The molecular formula is C2H11Cl2NO4P-. The maximum Gasteiger partial charge on any atom is 0.466 e. The van der Waals surface area contributed by atoms with Gasteiger partial charge in [0.05, 0.1) is 14.1 Å². The molecule has 5 nitrogen and oxygen atoms in total. The fourth-order valence-electron chi connectivity index (χ4n) is 0. The van der Waals surface area contributed by atoms with E-state index in [2.05, 4.69) is 0 Å². The zero-order valence-corrected chi connectivity index (χ0v) is 7.94. The molecule has 0 heterocycles. The van der Waals surface area contributed by atoms with Gasteiger partial charge in [-0.2, -0.15) is 0 Å². The number of quaternary nitrogens is 1. The molecule has 68 valence electrons. The summed E-state index contributed by atoms with van der Waals surface area (Å²) < 4.78 is 8.88. The zero-order valence-electron chi connectivity index (χ0n) is 5.53. The van der Waals surface area contributed by atoms with Crippen molar-refractivity contribution in [2.24, 2.45) is 0 Å². The van der Waals surface area contributed by atoms with Crippen molar-refractivity contribution in [1.82, 2.24) is 0 Å². The van der Waals surface area contributed by atoms with Crippen LogP contribution >= 0.6 is 7.82 Å². The molecule has 0 saturated carbocycles. The third-order valence-electron chi connectivity index (χ3n) is 0. The van der Waals surface area contributed by atoms with E-state index in [1.807, 2.05) is 19.4 Å². The van der Waals surface area contributed by atoms with Crippen LogP contribution in [0.2, 0.25) is 0 Å². The molecule has 0 bridgehead atoms. The largest absolute Gasteiger partial charge is 1.00 e. The molecule has 0 radical (unpaired) electrons. The molecule has 0 aliphatic rings. The minimum Gasteiger partial charge on any atom is -1.00 e. The summed E-state index contributed by atoms with van der Waals surface area (Å²) in [7, 11) is -0.639. The van der Waals surface area contributed by atoms with E-state index in [9.17, 15) is 0 Å². The highest BCUT2D eigenvalue weighted by molar-refractivity contribution is 7.45. The fourth-order valence-corrected chi connectivity index (χ4v) is 0. The number of phosphoric acid groups is 1. The number of rotatable bonds is 0. The monoisotopic (exact) mass is 214 g/mol. The molecule has 0 aliphatic heterocycles. The topological polar surface area (TPSA) is 94.4 Å². The first kappa shape index (κ1) is 22.4. The van der Waals surface area contributed by atoms with Gasteiger partial charge in [0.15, 0.2) is 0 Å². The Kier molecular flexibility index (Phi) is 27.7. The van der Waals surface area contributed by atoms with E-state index < -0.39 is 7.82 Å². The van der Waals surface area contributed by atoms with Crippen molar-refractivity contribution in [2.75, 3.05) is 14.1 Å². The summed E-state index contributed by atoms with van der Waals surface area (Å²) in [5, 5.41) is 2.00. The van der Waals surface area contributed by atoms with Crippen molar-refractivity contribution in [1.29, 1.82) is 0 Å². The highest BCUT2D eigenvalue weighted by Crippen LogP contribution is 2.25. The van der Waals surface area contributed by atoms with Crippen LogP contribution in [0.15, 0.2) is 0 Å². The SMILES string of the molecule is C[NH2+]C.O=P(O)(O)O.[Cl-].[Cl-]. The van der Waals surface area contributed by atoms with Crippen LogP contribution in [0.4, 0.5) is 0 Å². The Bertz CT molecular complexity index is 77.1. The third kappa shape index (κ3) is 1200. The standard InChI is InChI=1S/C2H7N.2ClH.H3O4P/c1-3-2;;;1-5(2,3)4/h3H,1-2H3;2*1H;(H3,1,2,3,4)/p-1. The molecule has 10 heavy (non-hydrogen) atoms. The predicted octanol–water partition coefficient (Wildman–Crippen LogP) is -8.11. The summed E-state index contributed by atoms with van der Waals surface area (Å²) in [4.78, 5) is 21.6. The second-order valence-corrected chi connectivity index (χ2v) is 2.12. The van der Waals surface area contributed by atoms with Crippen LogP contribution in [-0.2, 0) is 4.57 Å². The Balaban J connectivity index is -0.0000000326. The van der Waals surface area contributed by atoms with Gasteiger partial charge in [0.1, 0.15) is 0 Å². The van der Waals surface area contributed by atoms with Crippen LogP contribution < -0.4 is 30.1 Å². The lowest BCUT2D eigenvalue weighted by molar-refractivity contribution is -0.597. The second kappa shape index (κ2) is 12.3. The molecule has 0 aromatic rings.